The van der Waals surface area contributed by atoms with Crippen LogP contribution in [0.15, 0.2) is 64.3 Å². The standard InChI is InChI=1S/C22H19N3O3/c1-24-13-15(21(27)25(2)22(24)28)7-10-20(26)23-17-8-9-19-16(12-17)11-14-5-3-4-6-18(14)19/h3-10,12-13H,11H2,1-2H3,(H,23,26). The highest BCUT2D eigenvalue weighted by molar-refractivity contribution is 6.02. The minimum Gasteiger partial charge on any atom is -0.323 e. The zero-order chi connectivity index (χ0) is 19.8. The largest absolute Gasteiger partial charge is 0.330 e. The summed E-state index contributed by atoms with van der Waals surface area (Å²) >= 11 is 0. The number of rotatable bonds is 3. The molecule has 1 heterocycles. The fraction of sp³-hybridized carbons (Fsp3) is 0.136. The lowest BCUT2D eigenvalue weighted by atomic mass is 10.1. The van der Waals surface area contributed by atoms with Gasteiger partial charge in [0, 0.05) is 32.1 Å². The van der Waals surface area contributed by atoms with Crippen LogP contribution in [0.4, 0.5) is 5.69 Å². The molecular weight excluding hydrogens is 354 g/mol. The molecule has 0 unspecified atom stereocenters. The first-order chi connectivity index (χ1) is 13.4. The fourth-order valence-corrected chi connectivity index (χ4v) is 3.52. The first kappa shape index (κ1) is 17.7. The molecule has 1 aliphatic carbocycles. The molecule has 0 saturated carbocycles. The summed E-state index contributed by atoms with van der Waals surface area (Å²) in [5, 5.41) is 2.83. The SMILES string of the molecule is Cn1cc(C=CC(=O)Nc2ccc3c(c2)Cc2ccccc2-3)c(=O)n(C)c1=O. The van der Waals surface area contributed by atoms with Gasteiger partial charge in [-0.3, -0.25) is 14.2 Å². The van der Waals surface area contributed by atoms with E-state index < -0.39 is 11.2 Å². The number of carbonyl (C=O) groups excluding carboxylic acids is 1. The van der Waals surface area contributed by atoms with Crippen molar-refractivity contribution in [1.82, 2.24) is 9.13 Å². The van der Waals surface area contributed by atoms with Crippen LogP contribution in [0.1, 0.15) is 16.7 Å². The number of hydrogen-bond acceptors (Lipinski definition) is 3. The van der Waals surface area contributed by atoms with E-state index in [0.717, 1.165) is 11.0 Å². The summed E-state index contributed by atoms with van der Waals surface area (Å²) in [6.45, 7) is 0. The van der Waals surface area contributed by atoms with Gasteiger partial charge in [-0.05, 0) is 46.9 Å². The number of nitrogens with zero attached hydrogens (tertiary/aromatic N) is 2. The molecule has 4 rings (SSSR count). The zero-order valence-electron chi connectivity index (χ0n) is 15.6. The van der Waals surface area contributed by atoms with Crippen molar-refractivity contribution in [2.45, 2.75) is 6.42 Å². The molecular formula is C22H19N3O3. The minimum absolute atomic E-state index is 0.268. The van der Waals surface area contributed by atoms with Gasteiger partial charge in [-0.15, -0.1) is 0 Å². The quantitative estimate of drug-likeness (QED) is 0.560. The number of nitrogens with one attached hydrogen (secondary N) is 1. The van der Waals surface area contributed by atoms with Gasteiger partial charge >= 0.3 is 5.69 Å². The number of carbonyl (C=O) groups is 1. The van der Waals surface area contributed by atoms with Crippen molar-refractivity contribution in [3.63, 3.8) is 0 Å². The number of benzene rings is 2. The van der Waals surface area contributed by atoms with Gasteiger partial charge in [0.2, 0.25) is 5.91 Å². The number of aromatic nitrogens is 2. The first-order valence-electron chi connectivity index (χ1n) is 8.91. The summed E-state index contributed by atoms with van der Waals surface area (Å²) in [5.74, 6) is -0.341. The molecule has 140 valence electrons. The van der Waals surface area contributed by atoms with Crippen molar-refractivity contribution >= 4 is 17.7 Å². The van der Waals surface area contributed by atoms with Crippen LogP contribution in [0.3, 0.4) is 0 Å². The van der Waals surface area contributed by atoms with E-state index in [9.17, 15) is 14.4 Å². The smallest absolute Gasteiger partial charge is 0.323 e. The predicted molar refractivity (Wildman–Crippen MR) is 109 cm³/mol. The Morgan fingerprint density at radius 2 is 1.79 bits per heavy atom. The number of anilines is 1. The molecule has 0 bridgehead atoms. The van der Waals surface area contributed by atoms with Crippen LogP contribution in [0.2, 0.25) is 0 Å². The average Bonchev–Trinajstić information content (AvgIpc) is 3.05. The second-order valence-electron chi connectivity index (χ2n) is 6.87. The van der Waals surface area contributed by atoms with E-state index in [4.69, 9.17) is 0 Å². The lowest BCUT2D eigenvalue weighted by Gasteiger charge is -2.06. The van der Waals surface area contributed by atoms with E-state index in [1.165, 1.54) is 52.2 Å². The fourth-order valence-electron chi connectivity index (χ4n) is 3.52. The number of hydrogen-bond donors (Lipinski definition) is 1. The van der Waals surface area contributed by atoms with Gasteiger partial charge in [0.1, 0.15) is 0 Å². The third-order valence-electron chi connectivity index (χ3n) is 4.95. The number of fused-ring (bicyclic) bond motifs is 3. The highest BCUT2D eigenvalue weighted by Gasteiger charge is 2.18. The maximum absolute atomic E-state index is 12.3. The Morgan fingerprint density at radius 1 is 1.04 bits per heavy atom. The normalized spacial score (nSPS) is 12.1. The monoisotopic (exact) mass is 373 g/mol. The van der Waals surface area contributed by atoms with E-state index in [-0.39, 0.29) is 11.5 Å². The molecule has 0 spiro atoms. The van der Waals surface area contributed by atoms with E-state index in [1.807, 2.05) is 30.3 Å². The summed E-state index contributed by atoms with van der Waals surface area (Å²) in [6.07, 6.45) is 4.98. The molecule has 0 radical (unpaired) electrons. The Morgan fingerprint density at radius 3 is 2.61 bits per heavy atom. The molecule has 6 heteroatoms. The van der Waals surface area contributed by atoms with Crippen molar-refractivity contribution < 1.29 is 4.79 Å². The van der Waals surface area contributed by atoms with Gasteiger partial charge in [0.25, 0.3) is 5.56 Å². The second kappa shape index (κ2) is 6.81. The average molecular weight is 373 g/mol. The predicted octanol–water partition coefficient (Wildman–Crippen LogP) is 2.31. The van der Waals surface area contributed by atoms with Crippen molar-refractivity contribution in [3.8, 4) is 11.1 Å². The molecule has 1 aliphatic rings. The van der Waals surface area contributed by atoms with Crippen LogP contribution in [0.5, 0.6) is 0 Å². The highest BCUT2D eigenvalue weighted by Crippen LogP contribution is 2.37. The lowest BCUT2D eigenvalue weighted by Crippen LogP contribution is -2.37. The lowest BCUT2D eigenvalue weighted by molar-refractivity contribution is -0.111. The van der Waals surface area contributed by atoms with Gasteiger partial charge in [0.15, 0.2) is 0 Å². The molecule has 0 atom stereocenters. The molecule has 28 heavy (non-hydrogen) atoms. The molecule has 0 fully saturated rings. The van der Waals surface area contributed by atoms with Gasteiger partial charge in [-0.1, -0.05) is 30.3 Å². The van der Waals surface area contributed by atoms with Gasteiger partial charge in [-0.25, -0.2) is 4.79 Å². The Hall–Kier alpha value is -3.67. The van der Waals surface area contributed by atoms with Crippen molar-refractivity contribution in [1.29, 1.82) is 0 Å². The highest BCUT2D eigenvalue weighted by atomic mass is 16.2. The molecule has 1 aromatic heterocycles. The van der Waals surface area contributed by atoms with E-state index in [1.54, 1.807) is 7.05 Å². The summed E-state index contributed by atoms with van der Waals surface area (Å²) in [7, 11) is 2.96. The summed E-state index contributed by atoms with van der Waals surface area (Å²) < 4.78 is 2.31. The Balaban J connectivity index is 1.53. The third kappa shape index (κ3) is 3.09. The maximum atomic E-state index is 12.3. The van der Waals surface area contributed by atoms with Gasteiger partial charge in [0.05, 0.1) is 5.56 Å². The van der Waals surface area contributed by atoms with Crippen LogP contribution in [0.25, 0.3) is 17.2 Å². The van der Waals surface area contributed by atoms with Crippen LogP contribution in [0, 0.1) is 0 Å². The summed E-state index contributed by atoms with van der Waals surface area (Å²) in [4.78, 5) is 36.1. The summed E-state index contributed by atoms with van der Waals surface area (Å²) in [6, 6.07) is 14.1. The topological polar surface area (TPSA) is 73.1 Å². The maximum Gasteiger partial charge on any atom is 0.330 e. The summed E-state index contributed by atoms with van der Waals surface area (Å²) in [5.41, 5.74) is 5.01. The van der Waals surface area contributed by atoms with Crippen molar-refractivity contribution in [3.05, 3.63) is 92.3 Å². The molecule has 0 saturated heterocycles. The number of amides is 1. The van der Waals surface area contributed by atoms with Gasteiger partial charge < -0.3 is 9.88 Å². The van der Waals surface area contributed by atoms with Crippen LogP contribution in [-0.4, -0.2) is 15.0 Å². The zero-order valence-corrected chi connectivity index (χ0v) is 15.6. The molecule has 3 aromatic rings. The van der Waals surface area contributed by atoms with Crippen LogP contribution >= 0.6 is 0 Å². The second-order valence-corrected chi connectivity index (χ2v) is 6.87. The molecule has 1 N–H and O–H groups in total. The Bertz CT molecular complexity index is 1250. The molecule has 6 nitrogen and oxygen atoms in total. The molecule has 2 aromatic carbocycles. The van der Waals surface area contributed by atoms with Crippen molar-refractivity contribution in [2.75, 3.05) is 5.32 Å². The van der Waals surface area contributed by atoms with E-state index in [0.29, 0.717) is 5.69 Å². The van der Waals surface area contributed by atoms with Crippen LogP contribution < -0.4 is 16.6 Å². The number of aryl methyl sites for hydroxylation is 1. The molecule has 1 amide bonds. The third-order valence-corrected chi connectivity index (χ3v) is 4.95. The minimum atomic E-state index is -0.442. The van der Waals surface area contributed by atoms with Crippen molar-refractivity contribution in [2.24, 2.45) is 14.1 Å². The first-order valence-corrected chi connectivity index (χ1v) is 8.91. The van der Waals surface area contributed by atoms with Crippen LogP contribution in [-0.2, 0) is 25.3 Å². The Kier molecular flexibility index (Phi) is 4.31. The van der Waals surface area contributed by atoms with E-state index in [2.05, 4.69) is 17.4 Å². The molecule has 0 aliphatic heterocycles. The Labute approximate surface area is 161 Å². The van der Waals surface area contributed by atoms with Gasteiger partial charge in [-0.2, -0.15) is 0 Å². The van der Waals surface area contributed by atoms with E-state index >= 15 is 0 Å².